The van der Waals surface area contributed by atoms with Crippen LogP contribution in [0, 0.1) is 0 Å². The van der Waals surface area contributed by atoms with Crippen LogP contribution < -0.4 is 0 Å². The van der Waals surface area contributed by atoms with Crippen molar-refractivity contribution in [2.75, 3.05) is 6.61 Å². The number of carbonyl (C=O) groups excluding carboxylic acids is 1. The van der Waals surface area contributed by atoms with Gasteiger partial charge in [0.2, 0.25) is 0 Å². The van der Waals surface area contributed by atoms with Gasteiger partial charge in [0, 0.05) is 18.6 Å². The molecule has 2 aromatic rings. The van der Waals surface area contributed by atoms with Gasteiger partial charge in [0.05, 0.1) is 18.2 Å². The van der Waals surface area contributed by atoms with Crippen LogP contribution in [0.25, 0.3) is 0 Å². The number of hydrogen-bond donors (Lipinski definition) is 0. The Morgan fingerprint density at radius 1 is 1.47 bits per heavy atom. The molecule has 0 bridgehead atoms. The highest BCUT2D eigenvalue weighted by atomic mass is 79.9. The topological polar surface area (TPSA) is 69.9 Å². The predicted octanol–water partition coefficient (Wildman–Crippen LogP) is 2.31. The van der Waals surface area contributed by atoms with E-state index in [2.05, 4.69) is 30.9 Å². The molecule has 0 unspecified atom stereocenters. The van der Waals surface area contributed by atoms with Crippen molar-refractivity contribution in [1.29, 1.82) is 0 Å². The zero-order valence-electron chi connectivity index (χ0n) is 10.0. The first-order chi connectivity index (χ1) is 9.10. The highest BCUT2D eigenvalue weighted by Crippen LogP contribution is 2.13. The molecule has 0 aliphatic rings. The molecule has 0 atom stereocenters. The van der Waals surface area contributed by atoms with Crippen LogP contribution in [0.1, 0.15) is 23.2 Å². The van der Waals surface area contributed by atoms with Gasteiger partial charge in [-0.3, -0.25) is 0 Å². The number of nitrogens with zero attached hydrogens (tertiary/aromatic N) is 4. The van der Waals surface area contributed by atoms with E-state index in [1.165, 1.54) is 12.4 Å². The van der Waals surface area contributed by atoms with Gasteiger partial charge >= 0.3 is 5.97 Å². The van der Waals surface area contributed by atoms with Crippen LogP contribution in [-0.4, -0.2) is 32.1 Å². The molecule has 0 saturated carbocycles. The van der Waals surface area contributed by atoms with Gasteiger partial charge in [-0.15, -0.1) is 0 Å². The van der Waals surface area contributed by atoms with Gasteiger partial charge in [0.25, 0.3) is 0 Å². The molecular formula is C11H10BrClN4O2. The van der Waals surface area contributed by atoms with Crippen molar-refractivity contribution in [3.8, 4) is 0 Å². The summed E-state index contributed by atoms with van der Waals surface area (Å²) in [5, 5.41) is 0.473. The van der Waals surface area contributed by atoms with E-state index in [0.29, 0.717) is 28.7 Å². The predicted molar refractivity (Wildman–Crippen MR) is 72.0 cm³/mol. The van der Waals surface area contributed by atoms with Crippen LogP contribution in [-0.2, 0) is 11.3 Å². The Kier molecular flexibility index (Phi) is 4.49. The average molecular weight is 346 g/mol. The van der Waals surface area contributed by atoms with E-state index >= 15 is 0 Å². The number of halogens is 2. The molecule has 0 aliphatic carbocycles. The van der Waals surface area contributed by atoms with Gasteiger partial charge in [0.1, 0.15) is 5.82 Å². The third-order valence-electron chi connectivity index (χ3n) is 2.20. The summed E-state index contributed by atoms with van der Waals surface area (Å²) in [6.07, 6.45) is 4.61. The summed E-state index contributed by atoms with van der Waals surface area (Å²) < 4.78 is 7.09. The van der Waals surface area contributed by atoms with Crippen molar-refractivity contribution < 1.29 is 9.53 Å². The smallest absolute Gasteiger partial charge is 0.358 e. The molecule has 6 nitrogen and oxygen atoms in total. The van der Waals surface area contributed by atoms with E-state index in [4.69, 9.17) is 16.3 Å². The summed E-state index contributed by atoms with van der Waals surface area (Å²) >= 11 is 8.98. The van der Waals surface area contributed by atoms with Gasteiger partial charge in [-0.1, -0.05) is 11.6 Å². The molecule has 0 saturated heterocycles. The molecule has 8 heteroatoms. The first kappa shape index (κ1) is 14.0. The average Bonchev–Trinajstić information content (AvgIpc) is 2.74. The lowest BCUT2D eigenvalue weighted by Gasteiger charge is -2.02. The number of esters is 1. The Hall–Kier alpha value is -1.47. The highest BCUT2D eigenvalue weighted by Gasteiger charge is 2.14. The van der Waals surface area contributed by atoms with Crippen LogP contribution in [0.15, 0.2) is 23.3 Å². The number of rotatable bonds is 4. The zero-order chi connectivity index (χ0) is 13.8. The fourth-order valence-electron chi connectivity index (χ4n) is 1.38. The Morgan fingerprint density at radius 2 is 2.16 bits per heavy atom. The van der Waals surface area contributed by atoms with Gasteiger partial charge in [-0.05, 0) is 22.9 Å². The SMILES string of the molecule is CCOC(=O)c1cn(Cc2ncc(Cl)cn2)c(Br)n1. The van der Waals surface area contributed by atoms with Crippen molar-refractivity contribution in [3.63, 3.8) is 0 Å². The maximum Gasteiger partial charge on any atom is 0.358 e. The molecule has 0 N–H and O–H groups in total. The van der Waals surface area contributed by atoms with E-state index in [-0.39, 0.29) is 5.69 Å². The monoisotopic (exact) mass is 344 g/mol. The lowest BCUT2D eigenvalue weighted by Crippen LogP contribution is -2.05. The largest absolute Gasteiger partial charge is 0.461 e. The summed E-state index contributed by atoms with van der Waals surface area (Å²) in [5.41, 5.74) is 0.239. The fourth-order valence-corrected chi connectivity index (χ4v) is 1.90. The molecule has 2 heterocycles. The molecule has 0 aromatic carbocycles. The highest BCUT2D eigenvalue weighted by molar-refractivity contribution is 9.10. The van der Waals surface area contributed by atoms with E-state index in [0.717, 1.165) is 0 Å². The Labute approximate surface area is 122 Å². The van der Waals surface area contributed by atoms with Gasteiger partial charge in [0.15, 0.2) is 10.4 Å². The minimum absolute atomic E-state index is 0.239. The molecule has 0 aliphatic heterocycles. The fraction of sp³-hybridized carbons (Fsp3) is 0.273. The molecule has 0 radical (unpaired) electrons. The zero-order valence-corrected chi connectivity index (χ0v) is 12.3. The van der Waals surface area contributed by atoms with Crippen LogP contribution in [0.2, 0.25) is 5.02 Å². The number of aromatic nitrogens is 4. The summed E-state index contributed by atoms with van der Waals surface area (Å²) in [7, 11) is 0. The van der Waals surface area contributed by atoms with E-state index in [1.54, 1.807) is 17.7 Å². The maximum absolute atomic E-state index is 11.5. The number of hydrogen-bond acceptors (Lipinski definition) is 5. The molecule has 2 rings (SSSR count). The summed E-state index contributed by atoms with van der Waals surface area (Å²) in [6, 6.07) is 0. The van der Waals surface area contributed by atoms with Gasteiger partial charge in [-0.2, -0.15) is 0 Å². The Bertz CT molecular complexity index is 585. The molecule has 0 fully saturated rings. The normalized spacial score (nSPS) is 10.5. The minimum Gasteiger partial charge on any atom is -0.461 e. The van der Waals surface area contributed by atoms with Gasteiger partial charge in [-0.25, -0.2) is 19.7 Å². The van der Waals surface area contributed by atoms with E-state index in [1.807, 2.05) is 0 Å². The van der Waals surface area contributed by atoms with E-state index < -0.39 is 5.97 Å². The summed E-state index contributed by atoms with van der Waals surface area (Å²) in [6.45, 7) is 2.43. The van der Waals surface area contributed by atoms with Crippen LogP contribution in [0.4, 0.5) is 0 Å². The van der Waals surface area contributed by atoms with Gasteiger partial charge < -0.3 is 9.30 Å². The summed E-state index contributed by atoms with van der Waals surface area (Å²) in [5.74, 6) is 0.108. The number of imidazole rings is 1. The third-order valence-corrected chi connectivity index (χ3v) is 3.03. The van der Waals surface area contributed by atoms with Crippen molar-refractivity contribution in [2.45, 2.75) is 13.5 Å². The second-order valence-corrected chi connectivity index (χ2v) is 4.71. The number of carbonyl (C=O) groups is 1. The van der Waals surface area contributed by atoms with Crippen molar-refractivity contribution >= 4 is 33.5 Å². The second-order valence-electron chi connectivity index (χ2n) is 3.56. The summed E-state index contributed by atoms with van der Waals surface area (Å²) in [4.78, 5) is 23.8. The molecule has 100 valence electrons. The Morgan fingerprint density at radius 3 is 2.79 bits per heavy atom. The molecule has 2 aromatic heterocycles. The number of ether oxygens (including phenoxy) is 1. The standard InChI is InChI=1S/C11H10BrClN4O2/c1-2-19-10(18)8-5-17(11(12)16-8)6-9-14-3-7(13)4-15-9/h3-5H,2,6H2,1H3. The second kappa shape index (κ2) is 6.12. The van der Waals surface area contributed by atoms with Crippen LogP contribution >= 0.6 is 27.5 Å². The Balaban J connectivity index is 2.17. The lowest BCUT2D eigenvalue weighted by atomic mass is 10.5. The first-order valence-electron chi connectivity index (χ1n) is 5.46. The van der Waals surface area contributed by atoms with Crippen LogP contribution in [0.3, 0.4) is 0 Å². The van der Waals surface area contributed by atoms with Crippen molar-refractivity contribution in [1.82, 2.24) is 19.5 Å². The van der Waals surface area contributed by atoms with Crippen LogP contribution in [0.5, 0.6) is 0 Å². The molecule has 0 spiro atoms. The van der Waals surface area contributed by atoms with Crippen molar-refractivity contribution in [2.24, 2.45) is 0 Å². The maximum atomic E-state index is 11.5. The molecule has 19 heavy (non-hydrogen) atoms. The quantitative estimate of drug-likeness (QED) is 0.795. The molecular weight excluding hydrogens is 336 g/mol. The third kappa shape index (κ3) is 3.51. The van der Waals surface area contributed by atoms with Crippen molar-refractivity contribution in [3.05, 3.63) is 39.9 Å². The lowest BCUT2D eigenvalue weighted by molar-refractivity contribution is 0.0520. The minimum atomic E-state index is -0.459. The van der Waals surface area contributed by atoms with E-state index in [9.17, 15) is 4.79 Å². The molecule has 0 amide bonds. The first-order valence-corrected chi connectivity index (χ1v) is 6.63.